The van der Waals surface area contributed by atoms with Crippen molar-refractivity contribution in [1.82, 2.24) is 4.98 Å². The number of nitrogens with zero attached hydrogens (tertiary/aromatic N) is 1. The molecule has 0 saturated heterocycles. The Labute approximate surface area is 164 Å². The van der Waals surface area contributed by atoms with Crippen LogP contribution in [0.15, 0.2) is 54.7 Å². The molecule has 1 heterocycles. The number of benzene rings is 2. The molecular weight excluding hydrogens is 350 g/mol. The van der Waals surface area contributed by atoms with Gasteiger partial charge in [-0.15, -0.1) is 0 Å². The molecule has 5 heteroatoms. The van der Waals surface area contributed by atoms with Gasteiger partial charge in [0.25, 0.3) is 11.8 Å². The molecule has 28 heavy (non-hydrogen) atoms. The summed E-state index contributed by atoms with van der Waals surface area (Å²) in [6, 6.07) is 14.7. The largest absolute Gasteiger partial charge is 0.322 e. The van der Waals surface area contributed by atoms with Crippen molar-refractivity contribution in [2.24, 2.45) is 0 Å². The summed E-state index contributed by atoms with van der Waals surface area (Å²) in [6.07, 6.45) is 1.47. The first-order chi connectivity index (χ1) is 13.3. The third kappa shape index (κ3) is 4.26. The first-order valence-electron chi connectivity index (χ1n) is 9.07. The molecular formula is C23H23N3O2. The van der Waals surface area contributed by atoms with E-state index in [2.05, 4.69) is 15.6 Å². The number of carbonyl (C=O) groups excluding carboxylic acids is 2. The molecule has 0 saturated carbocycles. The predicted molar refractivity (Wildman–Crippen MR) is 112 cm³/mol. The van der Waals surface area contributed by atoms with Crippen LogP contribution in [0, 0.1) is 27.7 Å². The van der Waals surface area contributed by atoms with Gasteiger partial charge in [0.05, 0.1) is 0 Å². The Bertz CT molecular complexity index is 1040. The van der Waals surface area contributed by atoms with Gasteiger partial charge in [0.2, 0.25) is 0 Å². The summed E-state index contributed by atoms with van der Waals surface area (Å²) in [7, 11) is 0. The van der Waals surface area contributed by atoms with Crippen molar-refractivity contribution in [2.75, 3.05) is 10.6 Å². The topological polar surface area (TPSA) is 71.1 Å². The SMILES string of the molecule is Cc1ccc(NC(=O)c2ccnc(C(=O)Nc3c(C)cccc3C)c2)c(C)c1. The second-order valence-corrected chi connectivity index (χ2v) is 6.92. The summed E-state index contributed by atoms with van der Waals surface area (Å²) in [5.74, 6) is -0.631. The molecule has 2 N–H and O–H groups in total. The van der Waals surface area contributed by atoms with Gasteiger partial charge in [0, 0.05) is 23.1 Å². The van der Waals surface area contributed by atoms with E-state index in [9.17, 15) is 9.59 Å². The van der Waals surface area contributed by atoms with Crippen molar-refractivity contribution < 1.29 is 9.59 Å². The number of aromatic nitrogens is 1. The number of hydrogen-bond donors (Lipinski definition) is 2. The Kier molecular flexibility index (Phi) is 5.54. The molecule has 5 nitrogen and oxygen atoms in total. The highest BCUT2D eigenvalue weighted by Crippen LogP contribution is 2.21. The number of amides is 2. The molecule has 0 atom stereocenters. The van der Waals surface area contributed by atoms with Gasteiger partial charge < -0.3 is 10.6 Å². The lowest BCUT2D eigenvalue weighted by molar-refractivity contribution is 0.102. The maximum absolute atomic E-state index is 12.6. The van der Waals surface area contributed by atoms with Crippen LogP contribution in [0.1, 0.15) is 43.1 Å². The minimum atomic E-state index is -0.349. The van der Waals surface area contributed by atoms with Crippen molar-refractivity contribution in [2.45, 2.75) is 27.7 Å². The summed E-state index contributed by atoms with van der Waals surface area (Å²) in [4.78, 5) is 29.4. The molecule has 0 radical (unpaired) electrons. The molecule has 0 aliphatic heterocycles. The molecule has 1 aromatic heterocycles. The van der Waals surface area contributed by atoms with E-state index < -0.39 is 0 Å². The number of hydrogen-bond acceptors (Lipinski definition) is 3. The molecule has 3 aromatic rings. The summed E-state index contributed by atoms with van der Waals surface area (Å²) >= 11 is 0. The smallest absolute Gasteiger partial charge is 0.274 e. The molecule has 2 amide bonds. The minimum Gasteiger partial charge on any atom is -0.322 e. The lowest BCUT2D eigenvalue weighted by Crippen LogP contribution is -2.18. The van der Waals surface area contributed by atoms with Crippen LogP contribution in [0.3, 0.4) is 0 Å². The van der Waals surface area contributed by atoms with E-state index >= 15 is 0 Å². The first kappa shape index (κ1) is 19.3. The van der Waals surface area contributed by atoms with Gasteiger partial charge in [-0.05, 0) is 62.6 Å². The van der Waals surface area contributed by atoms with Crippen molar-refractivity contribution in [1.29, 1.82) is 0 Å². The Morgan fingerprint density at radius 1 is 0.786 bits per heavy atom. The molecule has 0 unspecified atom stereocenters. The number of carbonyl (C=O) groups is 2. The molecule has 3 rings (SSSR count). The Morgan fingerprint density at radius 3 is 2.18 bits per heavy atom. The predicted octanol–water partition coefficient (Wildman–Crippen LogP) is 4.82. The number of para-hydroxylation sites is 1. The molecule has 142 valence electrons. The Balaban J connectivity index is 1.79. The molecule has 0 bridgehead atoms. The highest BCUT2D eigenvalue weighted by atomic mass is 16.2. The lowest BCUT2D eigenvalue weighted by atomic mass is 10.1. The van der Waals surface area contributed by atoms with Gasteiger partial charge >= 0.3 is 0 Å². The summed E-state index contributed by atoms with van der Waals surface area (Å²) in [6.45, 7) is 7.81. The van der Waals surface area contributed by atoms with Gasteiger partial charge in [-0.2, -0.15) is 0 Å². The summed E-state index contributed by atoms with van der Waals surface area (Å²) < 4.78 is 0. The minimum absolute atomic E-state index is 0.191. The monoisotopic (exact) mass is 373 g/mol. The average molecular weight is 373 g/mol. The molecule has 0 aliphatic carbocycles. The third-order valence-corrected chi connectivity index (χ3v) is 4.60. The van der Waals surface area contributed by atoms with Crippen LogP contribution < -0.4 is 10.6 Å². The standard InChI is InChI=1S/C23H23N3O2/c1-14-8-9-19(17(4)12-14)25-22(27)18-10-11-24-20(13-18)23(28)26-21-15(2)6-5-7-16(21)3/h5-13H,1-4H3,(H,25,27)(H,26,28). The molecule has 0 spiro atoms. The summed E-state index contributed by atoms with van der Waals surface area (Å²) in [5, 5.41) is 5.78. The quantitative estimate of drug-likeness (QED) is 0.689. The Morgan fingerprint density at radius 2 is 1.50 bits per heavy atom. The van der Waals surface area contributed by atoms with Crippen molar-refractivity contribution in [3.05, 3.63) is 88.2 Å². The summed E-state index contributed by atoms with van der Waals surface area (Å²) in [5.41, 5.74) is 6.13. The molecule has 0 fully saturated rings. The van der Waals surface area contributed by atoms with Gasteiger partial charge in [-0.1, -0.05) is 35.9 Å². The van der Waals surface area contributed by atoms with Crippen LogP contribution in [0.25, 0.3) is 0 Å². The number of nitrogens with one attached hydrogen (secondary N) is 2. The van der Waals surface area contributed by atoms with Crippen LogP contribution in [0.5, 0.6) is 0 Å². The average Bonchev–Trinajstić information content (AvgIpc) is 2.67. The van der Waals surface area contributed by atoms with Gasteiger partial charge in [0.15, 0.2) is 0 Å². The van der Waals surface area contributed by atoms with Gasteiger partial charge in [0.1, 0.15) is 5.69 Å². The van der Waals surface area contributed by atoms with E-state index in [0.717, 1.165) is 33.6 Å². The molecule has 2 aromatic carbocycles. The number of rotatable bonds is 4. The van der Waals surface area contributed by atoms with E-state index in [1.165, 1.54) is 12.3 Å². The third-order valence-electron chi connectivity index (χ3n) is 4.60. The zero-order valence-electron chi connectivity index (χ0n) is 16.5. The van der Waals surface area contributed by atoms with E-state index in [1.54, 1.807) is 6.07 Å². The van der Waals surface area contributed by atoms with E-state index in [0.29, 0.717) is 5.56 Å². The number of anilines is 2. The Hall–Kier alpha value is -3.47. The fraction of sp³-hybridized carbons (Fsp3) is 0.174. The van der Waals surface area contributed by atoms with Crippen LogP contribution in [-0.2, 0) is 0 Å². The van der Waals surface area contributed by atoms with Gasteiger partial charge in [-0.3, -0.25) is 14.6 Å². The van der Waals surface area contributed by atoms with Crippen LogP contribution in [0.2, 0.25) is 0 Å². The zero-order valence-corrected chi connectivity index (χ0v) is 16.5. The first-order valence-corrected chi connectivity index (χ1v) is 9.07. The van der Waals surface area contributed by atoms with E-state index in [1.807, 2.05) is 64.1 Å². The normalized spacial score (nSPS) is 10.4. The highest BCUT2D eigenvalue weighted by molar-refractivity contribution is 6.08. The van der Waals surface area contributed by atoms with Crippen LogP contribution in [0.4, 0.5) is 11.4 Å². The van der Waals surface area contributed by atoms with Gasteiger partial charge in [-0.25, -0.2) is 0 Å². The van der Waals surface area contributed by atoms with Crippen molar-refractivity contribution in [3.8, 4) is 0 Å². The van der Waals surface area contributed by atoms with Crippen LogP contribution in [-0.4, -0.2) is 16.8 Å². The van der Waals surface area contributed by atoms with Crippen molar-refractivity contribution >= 4 is 23.2 Å². The second kappa shape index (κ2) is 8.05. The van der Waals surface area contributed by atoms with Crippen molar-refractivity contribution in [3.63, 3.8) is 0 Å². The molecule has 0 aliphatic rings. The number of pyridine rings is 1. The van der Waals surface area contributed by atoms with Crippen LogP contribution >= 0.6 is 0 Å². The highest BCUT2D eigenvalue weighted by Gasteiger charge is 2.14. The zero-order chi connectivity index (χ0) is 20.3. The number of aryl methyl sites for hydroxylation is 4. The fourth-order valence-electron chi connectivity index (χ4n) is 3.03. The fourth-order valence-corrected chi connectivity index (χ4v) is 3.03. The lowest BCUT2D eigenvalue weighted by Gasteiger charge is -2.12. The maximum atomic E-state index is 12.6. The van der Waals surface area contributed by atoms with E-state index in [-0.39, 0.29) is 17.5 Å². The maximum Gasteiger partial charge on any atom is 0.274 e. The second-order valence-electron chi connectivity index (χ2n) is 6.92. The van der Waals surface area contributed by atoms with E-state index in [4.69, 9.17) is 0 Å².